The second-order valence-electron chi connectivity index (χ2n) is 6.43. The summed E-state index contributed by atoms with van der Waals surface area (Å²) < 4.78 is 21.2. The standard InChI is InChI=1S/C22H27NO6/c1-14(24)23-17(16-7-6-8-19(26-2)18(25)13-16)10-9-15-11-20(27-3)22(29-5)21(12-15)28-4/h6-8,11-13,17H,9-10H2,1-5H3,(H,23,24). The molecule has 1 amide bonds. The summed E-state index contributed by atoms with van der Waals surface area (Å²) in [6.45, 7) is 1.45. The zero-order valence-corrected chi connectivity index (χ0v) is 17.4. The van der Waals surface area contributed by atoms with Gasteiger partial charge in [-0.2, -0.15) is 0 Å². The Morgan fingerprint density at radius 2 is 1.55 bits per heavy atom. The van der Waals surface area contributed by atoms with Crippen molar-refractivity contribution in [1.82, 2.24) is 5.32 Å². The summed E-state index contributed by atoms with van der Waals surface area (Å²) in [5, 5.41) is 2.92. The number of rotatable bonds is 9. The number of hydrogen-bond acceptors (Lipinski definition) is 6. The van der Waals surface area contributed by atoms with Gasteiger partial charge in [-0.15, -0.1) is 0 Å². The molecule has 0 saturated carbocycles. The molecule has 0 bridgehead atoms. The lowest BCUT2D eigenvalue weighted by Gasteiger charge is -2.19. The Balaban J connectivity index is 2.33. The zero-order valence-electron chi connectivity index (χ0n) is 17.4. The van der Waals surface area contributed by atoms with Gasteiger partial charge in [0.05, 0.1) is 34.5 Å². The van der Waals surface area contributed by atoms with Gasteiger partial charge < -0.3 is 24.3 Å². The van der Waals surface area contributed by atoms with E-state index in [1.54, 1.807) is 39.5 Å². The van der Waals surface area contributed by atoms with Crippen LogP contribution >= 0.6 is 0 Å². The number of ether oxygens (including phenoxy) is 4. The van der Waals surface area contributed by atoms with Crippen LogP contribution in [-0.4, -0.2) is 34.3 Å². The van der Waals surface area contributed by atoms with Crippen LogP contribution in [0.4, 0.5) is 0 Å². The number of amides is 1. The van der Waals surface area contributed by atoms with Crippen LogP contribution in [0, 0.1) is 0 Å². The van der Waals surface area contributed by atoms with E-state index in [-0.39, 0.29) is 23.1 Å². The molecule has 2 aromatic rings. The summed E-state index contributed by atoms with van der Waals surface area (Å²) >= 11 is 0. The molecular weight excluding hydrogens is 374 g/mol. The highest BCUT2D eigenvalue weighted by molar-refractivity contribution is 5.73. The lowest BCUT2D eigenvalue weighted by Crippen LogP contribution is -2.26. The average Bonchev–Trinajstić information content (AvgIpc) is 2.90. The highest BCUT2D eigenvalue weighted by Crippen LogP contribution is 2.38. The van der Waals surface area contributed by atoms with E-state index in [0.29, 0.717) is 35.7 Å². The van der Waals surface area contributed by atoms with E-state index in [1.807, 2.05) is 12.1 Å². The Morgan fingerprint density at radius 3 is 2.07 bits per heavy atom. The molecular formula is C22H27NO6. The molecule has 0 spiro atoms. The smallest absolute Gasteiger partial charge is 0.220 e. The maximum atomic E-state index is 12.3. The van der Waals surface area contributed by atoms with Crippen LogP contribution in [0.1, 0.15) is 30.5 Å². The molecule has 2 aromatic carbocycles. The minimum atomic E-state index is -0.337. The van der Waals surface area contributed by atoms with Gasteiger partial charge in [-0.1, -0.05) is 12.1 Å². The van der Waals surface area contributed by atoms with Crippen LogP contribution in [0.3, 0.4) is 0 Å². The van der Waals surface area contributed by atoms with Gasteiger partial charge in [0.25, 0.3) is 0 Å². The number of benzene rings is 1. The summed E-state index contributed by atoms with van der Waals surface area (Å²) in [5.41, 5.74) is 1.42. The summed E-state index contributed by atoms with van der Waals surface area (Å²) in [5.74, 6) is 1.73. The predicted octanol–water partition coefficient (Wildman–Crippen LogP) is 2.89. The summed E-state index contributed by atoms with van der Waals surface area (Å²) in [7, 11) is 6.13. The second-order valence-corrected chi connectivity index (χ2v) is 6.43. The molecule has 0 fully saturated rings. The Hall–Kier alpha value is -3.22. The van der Waals surface area contributed by atoms with Crippen molar-refractivity contribution in [2.24, 2.45) is 0 Å². The number of carbonyl (C=O) groups is 1. The molecule has 7 nitrogen and oxygen atoms in total. The molecule has 0 saturated heterocycles. The van der Waals surface area contributed by atoms with Gasteiger partial charge in [0.1, 0.15) is 0 Å². The van der Waals surface area contributed by atoms with Crippen molar-refractivity contribution in [1.29, 1.82) is 0 Å². The normalized spacial score (nSPS) is 11.3. The van der Waals surface area contributed by atoms with Crippen LogP contribution in [0.15, 0.2) is 41.2 Å². The van der Waals surface area contributed by atoms with Gasteiger partial charge in [0, 0.05) is 6.92 Å². The minimum Gasteiger partial charge on any atom is -0.493 e. The molecule has 0 heterocycles. The van der Waals surface area contributed by atoms with Crippen LogP contribution in [0.5, 0.6) is 23.0 Å². The summed E-state index contributed by atoms with van der Waals surface area (Å²) in [4.78, 5) is 24.0. The minimum absolute atomic E-state index is 0.175. The fraction of sp³-hybridized carbons (Fsp3) is 0.364. The number of methoxy groups -OCH3 is 4. The van der Waals surface area contributed by atoms with Crippen LogP contribution in [0.2, 0.25) is 0 Å². The number of nitrogens with one attached hydrogen (secondary N) is 1. The van der Waals surface area contributed by atoms with E-state index in [0.717, 1.165) is 5.56 Å². The second kappa shape index (κ2) is 10.4. The van der Waals surface area contributed by atoms with E-state index in [9.17, 15) is 9.59 Å². The zero-order chi connectivity index (χ0) is 21.4. The van der Waals surface area contributed by atoms with Crippen molar-refractivity contribution in [2.75, 3.05) is 28.4 Å². The largest absolute Gasteiger partial charge is 0.493 e. The molecule has 0 aliphatic heterocycles. The third-order valence-corrected chi connectivity index (χ3v) is 4.52. The lowest BCUT2D eigenvalue weighted by molar-refractivity contribution is -0.119. The van der Waals surface area contributed by atoms with Crippen molar-refractivity contribution in [3.63, 3.8) is 0 Å². The highest BCUT2D eigenvalue weighted by Gasteiger charge is 2.17. The molecule has 7 heteroatoms. The van der Waals surface area contributed by atoms with Crippen molar-refractivity contribution in [3.05, 3.63) is 57.7 Å². The Morgan fingerprint density at radius 1 is 0.931 bits per heavy atom. The third kappa shape index (κ3) is 5.63. The van der Waals surface area contributed by atoms with Gasteiger partial charge >= 0.3 is 0 Å². The van der Waals surface area contributed by atoms with Crippen molar-refractivity contribution >= 4 is 5.91 Å². The van der Waals surface area contributed by atoms with Crippen molar-refractivity contribution < 1.29 is 23.7 Å². The molecule has 2 rings (SSSR count). The Bertz CT molecular complexity index is 887. The van der Waals surface area contributed by atoms with Gasteiger partial charge in [-0.25, -0.2) is 0 Å². The highest BCUT2D eigenvalue weighted by atomic mass is 16.5. The van der Waals surface area contributed by atoms with Gasteiger partial charge in [-0.3, -0.25) is 9.59 Å². The van der Waals surface area contributed by atoms with Crippen LogP contribution in [0.25, 0.3) is 0 Å². The molecule has 1 atom stereocenters. The Labute approximate surface area is 170 Å². The quantitative estimate of drug-likeness (QED) is 0.696. The van der Waals surface area contributed by atoms with E-state index < -0.39 is 0 Å². The number of hydrogen-bond donors (Lipinski definition) is 1. The third-order valence-electron chi connectivity index (χ3n) is 4.52. The van der Waals surface area contributed by atoms with E-state index in [2.05, 4.69) is 5.32 Å². The first-order valence-corrected chi connectivity index (χ1v) is 9.17. The maximum absolute atomic E-state index is 12.3. The molecule has 0 aliphatic rings. The number of carbonyl (C=O) groups excluding carboxylic acids is 1. The molecule has 0 aliphatic carbocycles. The molecule has 1 N–H and O–H groups in total. The van der Waals surface area contributed by atoms with Crippen molar-refractivity contribution in [2.45, 2.75) is 25.8 Å². The number of aryl methyl sites for hydroxylation is 1. The first-order valence-electron chi connectivity index (χ1n) is 9.17. The van der Waals surface area contributed by atoms with Gasteiger partial charge in [0.2, 0.25) is 17.1 Å². The molecule has 156 valence electrons. The molecule has 0 radical (unpaired) electrons. The van der Waals surface area contributed by atoms with Gasteiger partial charge in [0.15, 0.2) is 17.2 Å². The van der Waals surface area contributed by atoms with Gasteiger partial charge in [-0.05, 0) is 48.2 Å². The first-order chi connectivity index (χ1) is 13.9. The van der Waals surface area contributed by atoms with Crippen LogP contribution < -0.4 is 29.7 Å². The monoisotopic (exact) mass is 401 g/mol. The molecule has 0 aromatic heterocycles. The fourth-order valence-electron chi connectivity index (χ4n) is 3.14. The first kappa shape index (κ1) is 22.1. The Kier molecular flexibility index (Phi) is 7.88. The average molecular weight is 401 g/mol. The van der Waals surface area contributed by atoms with E-state index >= 15 is 0 Å². The van der Waals surface area contributed by atoms with E-state index in [4.69, 9.17) is 18.9 Å². The predicted molar refractivity (Wildman–Crippen MR) is 110 cm³/mol. The summed E-state index contributed by atoms with van der Waals surface area (Å²) in [6, 6.07) is 10.1. The lowest BCUT2D eigenvalue weighted by atomic mass is 9.99. The van der Waals surface area contributed by atoms with E-state index in [1.165, 1.54) is 20.1 Å². The molecule has 29 heavy (non-hydrogen) atoms. The maximum Gasteiger partial charge on any atom is 0.220 e. The molecule has 1 unspecified atom stereocenters. The van der Waals surface area contributed by atoms with Crippen molar-refractivity contribution in [3.8, 4) is 23.0 Å². The fourth-order valence-corrected chi connectivity index (χ4v) is 3.14. The topological polar surface area (TPSA) is 83.1 Å². The van der Waals surface area contributed by atoms with Crippen LogP contribution in [-0.2, 0) is 11.2 Å². The summed E-state index contributed by atoms with van der Waals surface area (Å²) in [6.07, 6.45) is 1.19. The SMILES string of the molecule is COc1cc(CCC(NC(C)=O)c2cccc(OC)c(=O)c2)cc(OC)c1OC.